The van der Waals surface area contributed by atoms with Gasteiger partial charge in [0.2, 0.25) is 0 Å². The molecule has 4 heteroatoms. The van der Waals surface area contributed by atoms with Gasteiger partial charge in [-0.15, -0.1) is 0 Å². The fraction of sp³-hybridized carbons (Fsp3) is 0. The molecule has 0 saturated carbocycles. The largest absolute Gasteiger partial charge is 0.507 e. The van der Waals surface area contributed by atoms with Crippen LogP contribution in [0.3, 0.4) is 0 Å². The molecule has 0 fully saturated rings. The number of phenolic OH excluding ortho intramolecular Hbond substituents is 2. The number of rotatable bonds is 9. The first-order valence-corrected chi connectivity index (χ1v) is 17.9. The van der Waals surface area contributed by atoms with Crippen LogP contribution in [0.2, 0.25) is 0 Å². The van der Waals surface area contributed by atoms with Crippen LogP contribution in [0.1, 0.15) is 22.3 Å². The summed E-state index contributed by atoms with van der Waals surface area (Å²) < 4.78 is 0. The molecule has 0 heterocycles. The molecule has 0 aliphatic rings. The van der Waals surface area contributed by atoms with Crippen LogP contribution in [0.4, 0.5) is 11.4 Å². The lowest BCUT2D eigenvalue weighted by Crippen LogP contribution is -2.04. The maximum atomic E-state index is 11.3. The van der Waals surface area contributed by atoms with Gasteiger partial charge in [-0.2, -0.15) is 0 Å². The molecule has 4 nitrogen and oxygen atoms in total. The van der Waals surface area contributed by atoms with E-state index in [4.69, 9.17) is 9.98 Å². The van der Waals surface area contributed by atoms with Gasteiger partial charge in [0.1, 0.15) is 11.5 Å². The predicted octanol–water partition coefficient (Wildman–Crippen LogP) is 12.4. The van der Waals surface area contributed by atoms with E-state index in [9.17, 15) is 10.2 Å². The molecule has 0 radical (unpaired) electrons. The van der Waals surface area contributed by atoms with Crippen molar-refractivity contribution in [3.05, 3.63) is 229 Å². The number of hydrogen-bond donors (Lipinski definition) is 2. The van der Waals surface area contributed by atoms with Crippen LogP contribution in [0.5, 0.6) is 11.5 Å². The standard InChI is InChI=1S/C50H36N2O2/c53-47-31-29-39(35-17-5-1-6-18-35)33-43(47)49(37-21-9-3-10-22-37)51-45-27-15-13-25-41(45)42-26-14-16-28-46(42)52-50(38-23-11-4-12-24-38)44-34-40(30-32-48(44)54)36-19-7-2-8-20-36/h1-34,53-54H. The van der Waals surface area contributed by atoms with Gasteiger partial charge in [0.25, 0.3) is 0 Å². The SMILES string of the molecule is Oc1ccc(-c2ccccc2)cc1C(=Nc1ccccc1-c1ccccc1N=C(c1ccccc1)c1cc(-c2ccccc2)ccc1O)c1ccccc1. The van der Waals surface area contributed by atoms with E-state index in [2.05, 4.69) is 24.3 Å². The topological polar surface area (TPSA) is 65.2 Å². The Hall–Kier alpha value is -7.30. The molecule has 258 valence electrons. The summed E-state index contributed by atoms with van der Waals surface area (Å²) in [6.07, 6.45) is 0. The molecular formula is C50H36N2O2. The molecule has 0 unspecified atom stereocenters. The van der Waals surface area contributed by atoms with Gasteiger partial charge >= 0.3 is 0 Å². The van der Waals surface area contributed by atoms with Crippen molar-refractivity contribution in [3.63, 3.8) is 0 Å². The Morgan fingerprint density at radius 3 is 1.04 bits per heavy atom. The van der Waals surface area contributed by atoms with E-state index in [-0.39, 0.29) is 11.5 Å². The normalized spacial score (nSPS) is 11.7. The first kappa shape index (κ1) is 33.8. The first-order valence-electron chi connectivity index (χ1n) is 17.9. The van der Waals surface area contributed by atoms with Gasteiger partial charge in [-0.3, -0.25) is 0 Å². The molecule has 0 atom stereocenters. The van der Waals surface area contributed by atoms with Crippen LogP contribution in [0.15, 0.2) is 216 Å². The van der Waals surface area contributed by atoms with E-state index in [0.717, 1.165) is 55.9 Å². The third kappa shape index (κ3) is 7.22. The second-order valence-electron chi connectivity index (χ2n) is 12.9. The van der Waals surface area contributed by atoms with E-state index in [0.29, 0.717) is 22.6 Å². The molecule has 0 aromatic heterocycles. The highest BCUT2D eigenvalue weighted by Gasteiger charge is 2.18. The molecule has 0 saturated heterocycles. The number of benzene rings is 8. The van der Waals surface area contributed by atoms with Gasteiger partial charge in [0.15, 0.2) is 0 Å². The zero-order valence-corrected chi connectivity index (χ0v) is 29.4. The minimum absolute atomic E-state index is 0.143. The van der Waals surface area contributed by atoms with E-state index < -0.39 is 0 Å². The van der Waals surface area contributed by atoms with Crippen LogP contribution in [0, 0.1) is 0 Å². The average Bonchev–Trinajstić information content (AvgIpc) is 3.24. The highest BCUT2D eigenvalue weighted by Crippen LogP contribution is 2.39. The minimum Gasteiger partial charge on any atom is -0.507 e. The van der Waals surface area contributed by atoms with E-state index in [1.165, 1.54) is 0 Å². The smallest absolute Gasteiger partial charge is 0.125 e. The summed E-state index contributed by atoms with van der Waals surface area (Å²) in [5, 5.41) is 22.7. The lowest BCUT2D eigenvalue weighted by atomic mass is 9.95. The number of phenols is 2. The molecule has 0 amide bonds. The molecule has 8 aromatic carbocycles. The number of para-hydroxylation sites is 2. The molecule has 0 bridgehead atoms. The summed E-state index contributed by atoms with van der Waals surface area (Å²) in [7, 11) is 0. The maximum Gasteiger partial charge on any atom is 0.125 e. The van der Waals surface area contributed by atoms with Gasteiger partial charge in [-0.05, 0) is 58.7 Å². The van der Waals surface area contributed by atoms with Crippen LogP contribution in [0.25, 0.3) is 33.4 Å². The minimum atomic E-state index is 0.143. The van der Waals surface area contributed by atoms with Crippen molar-refractivity contribution < 1.29 is 10.2 Å². The Kier molecular flexibility index (Phi) is 9.72. The Morgan fingerprint density at radius 1 is 0.315 bits per heavy atom. The van der Waals surface area contributed by atoms with Gasteiger partial charge in [-0.25, -0.2) is 9.98 Å². The molecule has 54 heavy (non-hydrogen) atoms. The predicted molar refractivity (Wildman–Crippen MR) is 222 cm³/mol. The van der Waals surface area contributed by atoms with Crippen molar-refractivity contribution in [2.45, 2.75) is 0 Å². The molecule has 0 aliphatic carbocycles. The number of nitrogens with zero attached hydrogens (tertiary/aromatic N) is 2. The van der Waals surface area contributed by atoms with Gasteiger partial charge in [-0.1, -0.05) is 170 Å². The molecule has 2 N–H and O–H groups in total. The highest BCUT2D eigenvalue weighted by atomic mass is 16.3. The zero-order valence-electron chi connectivity index (χ0n) is 29.4. The van der Waals surface area contributed by atoms with Crippen molar-refractivity contribution in [2.75, 3.05) is 0 Å². The average molecular weight is 697 g/mol. The van der Waals surface area contributed by atoms with Crippen molar-refractivity contribution in [2.24, 2.45) is 9.98 Å². The van der Waals surface area contributed by atoms with E-state index in [1.54, 1.807) is 12.1 Å². The highest BCUT2D eigenvalue weighted by molar-refractivity contribution is 6.17. The molecule has 0 aliphatic heterocycles. The third-order valence-corrected chi connectivity index (χ3v) is 9.37. The second kappa shape index (κ2) is 15.5. The summed E-state index contributed by atoms with van der Waals surface area (Å²) in [6.45, 7) is 0. The quantitative estimate of drug-likeness (QED) is 0.148. The number of aromatic hydroxyl groups is 2. The van der Waals surface area contributed by atoms with Gasteiger partial charge in [0.05, 0.1) is 22.8 Å². The molecule has 0 spiro atoms. The van der Waals surface area contributed by atoms with Crippen molar-refractivity contribution >= 4 is 22.8 Å². The van der Waals surface area contributed by atoms with E-state index >= 15 is 0 Å². The van der Waals surface area contributed by atoms with E-state index in [1.807, 2.05) is 170 Å². The lowest BCUT2D eigenvalue weighted by molar-refractivity contribution is 0.474. The van der Waals surface area contributed by atoms with Crippen LogP contribution >= 0.6 is 0 Å². The monoisotopic (exact) mass is 696 g/mol. The number of aliphatic imine (C=N–C) groups is 2. The summed E-state index contributed by atoms with van der Waals surface area (Å²) in [5.74, 6) is 0.287. The summed E-state index contributed by atoms with van der Waals surface area (Å²) in [6, 6.07) is 67.5. The second-order valence-corrected chi connectivity index (χ2v) is 12.9. The summed E-state index contributed by atoms with van der Waals surface area (Å²) in [4.78, 5) is 10.7. The summed E-state index contributed by atoms with van der Waals surface area (Å²) >= 11 is 0. The van der Waals surface area contributed by atoms with Crippen LogP contribution in [-0.4, -0.2) is 21.6 Å². The fourth-order valence-corrected chi connectivity index (χ4v) is 6.66. The Bertz CT molecular complexity index is 2410. The van der Waals surface area contributed by atoms with Crippen molar-refractivity contribution in [1.82, 2.24) is 0 Å². The lowest BCUT2D eigenvalue weighted by Gasteiger charge is -2.15. The first-order chi connectivity index (χ1) is 26.6. The van der Waals surface area contributed by atoms with Crippen molar-refractivity contribution in [3.8, 4) is 44.9 Å². The fourth-order valence-electron chi connectivity index (χ4n) is 6.66. The van der Waals surface area contributed by atoms with Crippen LogP contribution < -0.4 is 0 Å². The summed E-state index contributed by atoms with van der Waals surface area (Å²) in [5.41, 5.74) is 11.5. The van der Waals surface area contributed by atoms with Crippen LogP contribution in [-0.2, 0) is 0 Å². The number of hydrogen-bond acceptors (Lipinski definition) is 4. The third-order valence-electron chi connectivity index (χ3n) is 9.37. The molecule has 8 aromatic rings. The van der Waals surface area contributed by atoms with Gasteiger partial charge in [0, 0.05) is 33.4 Å². The Morgan fingerprint density at radius 2 is 0.648 bits per heavy atom. The zero-order chi connectivity index (χ0) is 36.7. The van der Waals surface area contributed by atoms with Gasteiger partial charge < -0.3 is 10.2 Å². The molecule has 8 rings (SSSR count). The Balaban J connectivity index is 1.30. The molecular weight excluding hydrogens is 661 g/mol. The van der Waals surface area contributed by atoms with Crippen molar-refractivity contribution in [1.29, 1.82) is 0 Å². The Labute approximate surface area is 315 Å². The maximum absolute atomic E-state index is 11.3.